The number of ether oxygens (including phenoxy) is 2. The second-order valence-electron chi connectivity index (χ2n) is 3.92. The zero-order chi connectivity index (χ0) is 8.97. The second kappa shape index (κ2) is 4.83. The third kappa shape index (κ3) is 3.11. The van der Waals surface area contributed by atoms with E-state index < -0.39 is 0 Å². The maximum Gasteiger partial charge on any atom is 0.0809 e. The molecule has 0 spiro atoms. The highest BCUT2D eigenvalue weighted by atomic mass is 16.5. The summed E-state index contributed by atoms with van der Waals surface area (Å²) in [4.78, 5) is 0. The van der Waals surface area contributed by atoms with Gasteiger partial charge in [-0.1, -0.05) is 13.8 Å². The Hall–Kier alpha value is -0.0800. The Labute approximate surface area is 75.2 Å². The summed E-state index contributed by atoms with van der Waals surface area (Å²) >= 11 is 0. The Kier molecular flexibility index (Phi) is 4.02. The van der Waals surface area contributed by atoms with Crippen molar-refractivity contribution in [3.05, 3.63) is 0 Å². The van der Waals surface area contributed by atoms with E-state index in [0.717, 1.165) is 13.2 Å². The lowest BCUT2D eigenvalue weighted by molar-refractivity contribution is -0.0291. The first kappa shape index (κ1) is 10.0. The third-order valence-electron chi connectivity index (χ3n) is 2.51. The standard InChI is InChI=1S/C10H20O2/c1-8(2)9(3)12-7-10-5-4-6-11-10/h8-10H,4-7H2,1-3H3/t9-,10?/m1/s1. The van der Waals surface area contributed by atoms with E-state index in [9.17, 15) is 0 Å². The molecular weight excluding hydrogens is 152 g/mol. The van der Waals surface area contributed by atoms with Gasteiger partial charge in [0.15, 0.2) is 0 Å². The van der Waals surface area contributed by atoms with Gasteiger partial charge in [0.05, 0.1) is 18.8 Å². The van der Waals surface area contributed by atoms with E-state index in [1.165, 1.54) is 12.8 Å². The first-order chi connectivity index (χ1) is 5.70. The molecule has 1 unspecified atom stereocenters. The van der Waals surface area contributed by atoms with Crippen molar-refractivity contribution in [3.63, 3.8) is 0 Å². The van der Waals surface area contributed by atoms with E-state index in [2.05, 4.69) is 20.8 Å². The minimum absolute atomic E-state index is 0.356. The van der Waals surface area contributed by atoms with Gasteiger partial charge < -0.3 is 9.47 Å². The molecule has 0 N–H and O–H groups in total. The van der Waals surface area contributed by atoms with Crippen molar-refractivity contribution in [1.82, 2.24) is 0 Å². The van der Waals surface area contributed by atoms with Crippen LogP contribution in [0.2, 0.25) is 0 Å². The monoisotopic (exact) mass is 172 g/mol. The molecule has 1 rings (SSSR count). The molecule has 2 atom stereocenters. The Morgan fingerprint density at radius 1 is 1.42 bits per heavy atom. The second-order valence-corrected chi connectivity index (χ2v) is 3.92. The molecule has 2 nitrogen and oxygen atoms in total. The van der Waals surface area contributed by atoms with Gasteiger partial charge in [-0.3, -0.25) is 0 Å². The molecule has 2 heteroatoms. The van der Waals surface area contributed by atoms with Crippen LogP contribution in [0.25, 0.3) is 0 Å². The molecule has 1 aliphatic heterocycles. The molecule has 72 valence electrons. The molecule has 1 saturated heterocycles. The fourth-order valence-electron chi connectivity index (χ4n) is 1.23. The SMILES string of the molecule is CC(C)[C@@H](C)OCC1CCCO1. The molecule has 0 radical (unpaired) electrons. The summed E-state index contributed by atoms with van der Waals surface area (Å²) in [6.07, 6.45) is 3.09. The molecular formula is C10H20O2. The van der Waals surface area contributed by atoms with E-state index in [1.807, 2.05) is 0 Å². The van der Waals surface area contributed by atoms with Gasteiger partial charge in [-0.25, -0.2) is 0 Å². The molecule has 0 saturated carbocycles. The molecule has 1 heterocycles. The predicted octanol–water partition coefficient (Wildman–Crippen LogP) is 2.23. The topological polar surface area (TPSA) is 18.5 Å². The van der Waals surface area contributed by atoms with Crippen molar-refractivity contribution >= 4 is 0 Å². The van der Waals surface area contributed by atoms with Crippen LogP contribution in [0.15, 0.2) is 0 Å². The Morgan fingerprint density at radius 2 is 2.17 bits per heavy atom. The molecule has 0 aliphatic carbocycles. The van der Waals surface area contributed by atoms with Crippen LogP contribution in [0, 0.1) is 5.92 Å². The number of hydrogen-bond acceptors (Lipinski definition) is 2. The van der Waals surface area contributed by atoms with Crippen molar-refractivity contribution in [2.75, 3.05) is 13.2 Å². The van der Waals surface area contributed by atoms with Crippen LogP contribution in [0.4, 0.5) is 0 Å². The fraction of sp³-hybridized carbons (Fsp3) is 1.00. The maximum absolute atomic E-state index is 5.66. The first-order valence-corrected chi connectivity index (χ1v) is 4.93. The summed E-state index contributed by atoms with van der Waals surface area (Å²) in [5.74, 6) is 0.603. The van der Waals surface area contributed by atoms with Gasteiger partial charge in [0.25, 0.3) is 0 Å². The average molecular weight is 172 g/mol. The van der Waals surface area contributed by atoms with Crippen LogP contribution in [-0.4, -0.2) is 25.4 Å². The van der Waals surface area contributed by atoms with Crippen LogP contribution in [-0.2, 0) is 9.47 Å². The number of rotatable bonds is 4. The lowest BCUT2D eigenvalue weighted by Gasteiger charge is -2.18. The van der Waals surface area contributed by atoms with Crippen molar-refractivity contribution in [3.8, 4) is 0 Å². The van der Waals surface area contributed by atoms with E-state index in [1.54, 1.807) is 0 Å². The predicted molar refractivity (Wildman–Crippen MR) is 49.2 cm³/mol. The van der Waals surface area contributed by atoms with Crippen molar-refractivity contribution in [2.24, 2.45) is 5.92 Å². The maximum atomic E-state index is 5.66. The molecule has 0 aromatic rings. The average Bonchev–Trinajstić information content (AvgIpc) is 2.51. The smallest absolute Gasteiger partial charge is 0.0809 e. The van der Waals surface area contributed by atoms with Gasteiger partial charge in [0.1, 0.15) is 0 Å². The summed E-state index contributed by atoms with van der Waals surface area (Å²) in [5.41, 5.74) is 0. The van der Waals surface area contributed by atoms with Crippen LogP contribution in [0.5, 0.6) is 0 Å². The Balaban J connectivity index is 2.07. The van der Waals surface area contributed by atoms with E-state index in [-0.39, 0.29) is 0 Å². The molecule has 0 aromatic heterocycles. The van der Waals surface area contributed by atoms with Crippen LogP contribution in [0.3, 0.4) is 0 Å². The molecule has 1 aliphatic rings. The molecule has 0 amide bonds. The van der Waals surface area contributed by atoms with Crippen molar-refractivity contribution < 1.29 is 9.47 Å². The van der Waals surface area contributed by atoms with Crippen LogP contribution < -0.4 is 0 Å². The minimum Gasteiger partial charge on any atom is -0.376 e. The van der Waals surface area contributed by atoms with Gasteiger partial charge in [0.2, 0.25) is 0 Å². The summed E-state index contributed by atoms with van der Waals surface area (Å²) in [6.45, 7) is 8.18. The molecule has 0 aromatic carbocycles. The first-order valence-electron chi connectivity index (χ1n) is 4.93. The Bertz CT molecular complexity index is 115. The summed E-state index contributed by atoms with van der Waals surface area (Å²) in [5, 5.41) is 0. The summed E-state index contributed by atoms with van der Waals surface area (Å²) in [7, 11) is 0. The third-order valence-corrected chi connectivity index (χ3v) is 2.51. The molecule has 0 bridgehead atoms. The molecule has 12 heavy (non-hydrogen) atoms. The molecule has 1 fully saturated rings. The van der Waals surface area contributed by atoms with Crippen molar-refractivity contribution in [2.45, 2.75) is 45.8 Å². The van der Waals surface area contributed by atoms with Gasteiger partial charge in [-0.2, -0.15) is 0 Å². The quantitative estimate of drug-likeness (QED) is 0.647. The van der Waals surface area contributed by atoms with E-state index in [0.29, 0.717) is 18.1 Å². The van der Waals surface area contributed by atoms with Gasteiger partial charge in [-0.05, 0) is 25.7 Å². The highest BCUT2D eigenvalue weighted by Crippen LogP contribution is 2.14. The van der Waals surface area contributed by atoms with Crippen molar-refractivity contribution in [1.29, 1.82) is 0 Å². The minimum atomic E-state index is 0.356. The normalized spacial score (nSPS) is 26.5. The summed E-state index contributed by atoms with van der Waals surface area (Å²) in [6, 6.07) is 0. The van der Waals surface area contributed by atoms with E-state index >= 15 is 0 Å². The zero-order valence-corrected chi connectivity index (χ0v) is 8.38. The van der Waals surface area contributed by atoms with Gasteiger partial charge in [0, 0.05) is 6.61 Å². The van der Waals surface area contributed by atoms with Crippen LogP contribution in [0.1, 0.15) is 33.6 Å². The fourth-order valence-corrected chi connectivity index (χ4v) is 1.23. The highest BCUT2D eigenvalue weighted by molar-refractivity contribution is 4.65. The largest absolute Gasteiger partial charge is 0.376 e. The zero-order valence-electron chi connectivity index (χ0n) is 8.38. The highest BCUT2D eigenvalue weighted by Gasteiger charge is 2.17. The lowest BCUT2D eigenvalue weighted by Crippen LogP contribution is -2.22. The Morgan fingerprint density at radius 3 is 2.67 bits per heavy atom. The van der Waals surface area contributed by atoms with E-state index in [4.69, 9.17) is 9.47 Å². The van der Waals surface area contributed by atoms with Gasteiger partial charge in [-0.15, -0.1) is 0 Å². The van der Waals surface area contributed by atoms with Crippen LogP contribution >= 0.6 is 0 Å². The summed E-state index contributed by atoms with van der Waals surface area (Å²) < 4.78 is 11.1. The van der Waals surface area contributed by atoms with Gasteiger partial charge >= 0.3 is 0 Å². The number of hydrogen-bond donors (Lipinski definition) is 0. The lowest BCUT2D eigenvalue weighted by atomic mass is 10.1.